The Morgan fingerprint density at radius 1 is 1.00 bits per heavy atom. The minimum Gasteiger partial charge on any atom is -0.444 e. The van der Waals surface area contributed by atoms with Crippen LogP contribution in [0.1, 0.15) is 70.4 Å². The third-order valence-electron chi connectivity index (χ3n) is 9.48. The monoisotopic (exact) mass is 583 g/mol. The van der Waals surface area contributed by atoms with Crippen molar-refractivity contribution >= 4 is 29.5 Å². The number of benzene rings is 1. The molecule has 3 saturated heterocycles. The summed E-state index contributed by atoms with van der Waals surface area (Å²) in [5.74, 6) is -0.789. The Bertz CT molecular complexity index is 1270. The largest absolute Gasteiger partial charge is 0.444 e. The van der Waals surface area contributed by atoms with Crippen molar-refractivity contribution in [2.24, 2.45) is 5.92 Å². The zero-order valence-corrected chi connectivity index (χ0v) is 24.9. The van der Waals surface area contributed by atoms with Gasteiger partial charge in [0.2, 0.25) is 17.7 Å². The molecule has 0 aromatic heterocycles. The van der Waals surface area contributed by atoms with E-state index in [-0.39, 0.29) is 36.6 Å². The van der Waals surface area contributed by atoms with Crippen LogP contribution in [0.25, 0.3) is 0 Å². The standard InChI is InChI=1S/C31H42FN5O5/c1-30(2,3)42-29(41)36-10-6-20(7-11-36)18-34-12-14-35(15-13-34)19-21-16-22-25(17-23(21)32)37(28(40)31(22)8-9-31)24-4-5-26(38)33-27(24)39/h16-17,20,24H,4-15,18-19H2,1-3H3,(H,33,38,39). The minimum atomic E-state index is -0.781. The van der Waals surface area contributed by atoms with Gasteiger partial charge in [-0.3, -0.25) is 29.5 Å². The highest BCUT2D eigenvalue weighted by Crippen LogP contribution is 2.58. The van der Waals surface area contributed by atoms with Crippen LogP contribution < -0.4 is 10.2 Å². The highest BCUT2D eigenvalue weighted by Gasteiger charge is 2.61. The fourth-order valence-electron chi connectivity index (χ4n) is 6.97. The van der Waals surface area contributed by atoms with Crippen LogP contribution in [-0.2, 0) is 31.1 Å². The molecule has 10 nitrogen and oxygen atoms in total. The van der Waals surface area contributed by atoms with Gasteiger partial charge in [0.15, 0.2) is 0 Å². The summed E-state index contributed by atoms with van der Waals surface area (Å²) in [6, 6.07) is 2.50. The molecule has 4 amide bonds. The molecule has 5 aliphatic rings. The van der Waals surface area contributed by atoms with Gasteiger partial charge in [-0.1, -0.05) is 0 Å². The normalized spacial score (nSPS) is 25.1. The average Bonchev–Trinajstić information content (AvgIpc) is 3.70. The molecule has 4 fully saturated rings. The zero-order valence-electron chi connectivity index (χ0n) is 24.9. The number of hydrogen-bond acceptors (Lipinski definition) is 7. The number of nitrogens with zero attached hydrogens (tertiary/aromatic N) is 4. The van der Waals surface area contributed by atoms with Crippen LogP contribution in [0.15, 0.2) is 12.1 Å². The van der Waals surface area contributed by atoms with Gasteiger partial charge < -0.3 is 14.5 Å². The maximum Gasteiger partial charge on any atom is 0.410 e. The quantitative estimate of drug-likeness (QED) is 0.532. The number of ether oxygens (including phenoxy) is 1. The summed E-state index contributed by atoms with van der Waals surface area (Å²) in [6.07, 6.45) is 3.52. The molecule has 1 aliphatic carbocycles. The SMILES string of the molecule is CC(C)(C)OC(=O)N1CCC(CN2CCN(Cc3cc4c(cc3F)N(C3CCC(=O)NC3=O)C(=O)C43CC3)CC2)CC1. The minimum absolute atomic E-state index is 0.144. The van der Waals surface area contributed by atoms with Gasteiger partial charge in [0.05, 0.1) is 11.1 Å². The van der Waals surface area contributed by atoms with Gasteiger partial charge in [0, 0.05) is 64.3 Å². The second-order valence-electron chi connectivity index (χ2n) is 13.7. The first-order valence-electron chi connectivity index (χ1n) is 15.4. The van der Waals surface area contributed by atoms with Gasteiger partial charge in [-0.2, -0.15) is 0 Å². The molecule has 0 radical (unpaired) electrons. The number of imide groups is 1. The van der Waals surface area contributed by atoms with Crippen molar-refractivity contribution < 1.29 is 28.3 Å². The highest BCUT2D eigenvalue weighted by molar-refractivity contribution is 6.15. The Morgan fingerprint density at radius 3 is 2.29 bits per heavy atom. The predicted molar refractivity (Wildman–Crippen MR) is 153 cm³/mol. The summed E-state index contributed by atoms with van der Waals surface area (Å²) in [6.45, 7) is 12.1. The summed E-state index contributed by atoms with van der Waals surface area (Å²) in [5.41, 5.74) is 0.752. The summed E-state index contributed by atoms with van der Waals surface area (Å²) in [5, 5.41) is 2.33. The number of anilines is 1. The molecule has 1 aromatic rings. The Kier molecular flexibility index (Phi) is 7.54. The maximum absolute atomic E-state index is 15.5. The predicted octanol–water partition coefficient (Wildman–Crippen LogP) is 2.77. The van der Waals surface area contributed by atoms with Crippen molar-refractivity contribution in [3.63, 3.8) is 0 Å². The number of carbonyl (C=O) groups is 4. The molecule has 1 spiro atoms. The molecule has 1 aromatic carbocycles. The van der Waals surface area contributed by atoms with Crippen molar-refractivity contribution in [2.45, 2.75) is 82.9 Å². The molecule has 4 heterocycles. The highest BCUT2D eigenvalue weighted by atomic mass is 19.1. The Morgan fingerprint density at radius 2 is 1.67 bits per heavy atom. The van der Waals surface area contributed by atoms with Crippen LogP contribution in [0.2, 0.25) is 0 Å². The number of likely N-dealkylation sites (tertiary alicyclic amines) is 1. The number of nitrogens with one attached hydrogen (secondary N) is 1. The molecule has 11 heteroatoms. The van der Waals surface area contributed by atoms with Crippen LogP contribution in [0.3, 0.4) is 0 Å². The van der Waals surface area contributed by atoms with E-state index in [4.69, 9.17) is 4.74 Å². The molecule has 42 heavy (non-hydrogen) atoms. The van der Waals surface area contributed by atoms with E-state index in [0.29, 0.717) is 36.6 Å². The lowest BCUT2D eigenvalue weighted by atomic mass is 9.95. The van der Waals surface area contributed by atoms with Crippen molar-refractivity contribution in [3.05, 3.63) is 29.1 Å². The van der Waals surface area contributed by atoms with Gasteiger partial charge in [-0.15, -0.1) is 0 Å². The van der Waals surface area contributed by atoms with Gasteiger partial charge in [-0.05, 0) is 76.5 Å². The molecule has 0 bridgehead atoms. The lowest BCUT2D eigenvalue weighted by Gasteiger charge is -2.39. The second-order valence-corrected chi connectivity index (χ2v) is 13.7. The number of piperidine rings is 2. The van der Waals surface area contributed by atoms with Crippen molar-refractivity contribution in [3.8, 4) is 0 Å². The summed E-state index contributed by atoms with van der Waals surface area (Å²) < 4.78 is 21.0. The number of carbonyl (C=O) groups excluding carboxylic acids is 4. The van der Waals surface area contributed by atoms with Crippen LogP contribution in [0.5, 0.6) is 0 Å². The van der Waals surface area contributed by atoms with Crippen LogP contribution >= 0.6 is 0 Å². The fraction of sp³-hybridized carbons (Fsp3) is 0.677. The first kappa shape index (κ1) is 29.0. The van der Waals surface area contributed by atoms with Crippen molar-refractivity contribution in [1.82, 2.24) is 20.0 Å². The Hall–Kier alpha value is -3.05. The molecule has 1 N–H and O–H groups in total. The topological polar surface area (TPSA) is 102 Å². The van der Waals surface area contributed by atoms with E-state index < -0.39 is 23.0 Å². The first-order chi connectivity index (χ1) is 19.9. The van der Waals surface area contributed by atoms with E-state index >= 15 is 4.39 Å². The summed E-state index contributed by atoms with van der Waals surface area (Å²) >= 11 is 0. The number of rotatable bonds is 5. The molecular formula is C31H42FN5O5. The van der Waals surface area contributed by atoms with Gasteiger partial charge in [-0.25, -0.2) is 9.18 Å². The fourth-order valence-corrected chi connectivity index (χ4v) is 6.97. The van der Waals surface area contributed by atoms with E-state index in [1.807, 2.05) is 31.7 Å². The van der Waals surface area contributed by atoms with Crippen LogP contribution in [0.4, 0.5) is 14.9 Å². The molecule has 228 valence electrons. The third kappa shape index (κ3) is 5.65. The first-order valence-corrected chi connectivity index (χ1v) is 15.4. The molecule has 6 rings (SSSR count). The molecule has 1 atom stereocenters. The zero-order chi connectivity index (χ0) is 29.8. The summed E-state index contributed by atoms with van der Waals surface area (Å²) in [7, 11) is 0. The Balaban J connectivity index is 1.04. The Labute approximate surface area is 246 Å². The van der Waals surface area contributed by atoms with E-state index in [0.717, 1.165) is 64.2 Å². The van der Waals surface area contributed by atoms with Gasteiger partial charge in [0.25, 0.3) is 0 Å². The summed E-state index contributed by atoms with van der Waals surface area (Å²) in [4.78, 5) is 58.1. The van der Waals surface area contributed by atoms with Gasteiger partial charge >= 0.3 is 6.09 Å². The van der Waals surface area contributed by atoms with Crippen LogP contribution in [-0.4, -0.2) is 96.0 Å². The van der Waals surface area contributed by atoms with E-state index in [2.05, 4.69) is 15.1 Å². The lowest BCUT2D eigenvalue weighted by Crippen LogP contribution is -2.54. The number of fused-ring (bicyclic) bond motifs is 2. The lowest BCUT2D eigenvalue weighted by molar-refractivity contribution is -0.135. The maximum atomic E-state index is 15.5. The molecule has 1 saturated carbocycles. The van der Waals surface area contributed by atoms with Gasteiger partial charge in [0.1, 0.15) is 17.5 Å². The van der Waals surface area contributed by atoms with E-state index in [1.54, 1.807) is 0 Å². The molecule has 1 unspecified atom stereocenters. The van der Waals surface area contributed by atoms with E-state index in [9.17, 15) is 19.2 Å². The molecular weight excluding hydrogens is 541 g/mol. The smallest absolute Gasteiger partial charge is 0.410 e. The third-order valence-corrected chi connectivity index (χ3v) is 9.48. The van der Waals surface area contributed by atoms with Crippen LogP contribution in [0, 0.1) is 11.7 Å². The number of halogens is 1. The van der Waals surface area contributed by atoms with Crippen molar-refractivity contribution in [1.29, 1.82) is 0 Å². The average molecular weight is 584 g/mol. The van der Waals surface area contributed by atoms with Crippen molar-refractivity contribution in [2.75, 3.05) is 50.7 Å². The molecule has 4 aliphatic heterocycles. The van der Waals surface area contributed by atoms with E-state index in [1.165, 1.54) is 11.0 Å². The number of hydrogen-bond donors (Lipinski definition) is 1. The second kappa shape index (κ2) is 10.9. The number of amides is 4. The number of piperazine rings is 1.